The molecule has 2 N–H and O–H groups in total. The molecule has 1 aliphatic rings. The Labute approximate surface area is 134 Å². The number of ether oxygens (including phenoxy) is 1. The van der Waals surface area contributed by atoms with E-state index in [9.17, 15) is 4.79 Å². The molecule has 0 aliphatic heterocycles. The van der Waals surface area contributed by atoms with Gasteiger partial charge in [-0.05, 0) is 43.0 Å². The minimum atomic E-state index is 0.0483. The molecule has 116 valence electrons. The number of carbonyl (C=O) groups excluding carboxylic acids is 1. The summed E-state index contributed by atoms with van der Waals surface area (Å²) in [6.45, 7) is 1.15. The van der Waals surface area contributed by atoms with Gasteiger partial charge in [-0.1, -0.05) is 22.4 Å². The first-order valence-electron chi connectivity index (χ1n) is 7.26. The molecule has 0 radical (unpaired) electrons. The highest BCUT2D eigenvalue weighted by Gasteiger charge is 2.38. The summed E-state index contributed by atoms with van der Waals surface area (Å²) in [5.41, 5.74) is 6.88. The lowest BCUT2D eigenvalue weighted by Crippen LogP contribution is -2.42. The number of halogens is 1. The van der Waals surface area contributed by atoms with Crippen LogP contribution in [0.25, 0.3) is 0 Å². The average molecular weight is 355 g/mol. The van der Waals surface area contributed by atoms with Crippen molar-refractivity contribution in [3.63, 3.8) is 0 Å². The molecule has 1 fully saturated rings. The van der Waals surface area contributed by atoms with Crippen LogP contribution < -0.4 is 10.5 Å². The lowest BCUT2D eigenvalue weighted by atomic mass is 9.66. The Hall–Kier alpha value is -1.07. The predicted molar refractivity (Wildman–Crippen MR) is 87.1 cm³/mol. The van der Waals surface area contributed by atoms with E-state index in [1.807, 2.05) is 25.2 Å². The zero-order chi connectivity index (χ0) is 15.5. The van der Waals surface area contributed by atoms with Gasteiger partial charge in [0.2, 0.25) is 5.91 Å². The van der Waals surface area contributed by atoms with Crippen molar-refractivity contribution in [1.29, 1.82) is 0 Å². The van der Waals surface area contributed by atoms with Gasteiger partial charge < -0.3 is 15.4 Å². The smallest absolute Gasteiger partial charge is 0.223 e. The number of benzene rings is 1. The number of nitrogens with zero attached hydrogens (tertiary/aromatic N) is 1. The standard InChI is InChI=1S/C16H23BrN2O2/c1-19(15(20)9-16(11-18)6-3-7-16)10-12-8-13(17)4-5-14(12)21-2/h4-5,8H,3,6-7,9-11,18H2,1-2H3. The van der Waals surface area contributed by atoms with E-state index in [-0.39, 0.29) is 11.3 Å². The van der Waals surface area contributed by atoms with Crippen LogP contribution >= 0.6 is 15.9 Å². The van der Waals surface area contributed by atoms with Crippen molar-refractivity contribution in [2.45, 2.75) is 32.2 Å². The lowest BCUT2D eigenvalue weighted by molar-refractivity contribution is -0.134. The number of carbonyl (C=O) groups is 1. The summed E-state index contributed by atoms with van der Waals surface area (Å²) < 4.78 is 6.34. The second kappa shape index (κ2) is 6.79. The fraction of sp³-hybridized carbons (Fsp3) is 0.562. The molecule has 2 rings (SSSR count). The molecule has 0 bridgehead atoms. The summed E-state index contributed by atoms with van der Waals surface area (Å²) in [6.07, 6.45) is 3.89. The van der Waals surface area contributed by atoms with Crippen molar-refractivity contribution in [3.8, 4) is 5.75 Å². The molecule has 0 heterocycles. The second-order valence-electron chi connectivity index (χ2n) is 5.94. The highest BCUT2D eigenvalue weighted by molar-refractivity contribution is 9.10. The minimum Gasteiger partial charge on any atom is -0.496 e. The van der Waals surface area contributed by atoms with Crippen molar-refractivity contribution in [3.05, 3.63) is 28.2 Å². The van der Waals surface area contributed by atoms with Gasteiger partial charge in [-0.15, -0.1) is 0 Å². The normalized spacial score (nSPS) is 16.2. The fourth-order valence-corrected chi connectivity index (χ4v) is 3.21. The van der Waals surface area contributed by atoms with E-state index in [4.69, 9.17) is 10.5 Å². The average Bonchev–Trinajstić information content (AvgIpc) is 2.43. The van der Waals surface area contributed by atoms with Gasteiger partial charge in [0.15, 0.2) is 0 Å². The highest BCUT2D eigenvalue weighted by atomic mass is 79.9. The maximum Gasteiger partial charge on any atom is 0.223 e. The Kier molecular flexibility index (Phi) is 5.27. The van der Waals surface area contributed by atoms with Crippen LogP contribution in [0.4, 0.5) is 0 Å². The van der Waals surface area contributed by atoms with Crippen molar-refractivity contribution in [2.75, 3.05) is 20.7 Å². The molecule has 0 saturated heterocycles. The third kappa shape index (κ3) is 3.77. The second-order valence-corrected chi connectivity index (χ2v) is 6.86. The van der Waals surface area contributed by atoms with E-state index in [0.717, 1.165) is 28.6 Å². The molecule has 21 heavy (non-hydrogen) atoms. The monoisotopic (exact) mass is 354 g/mol. The van der Waals surface area contributed by atoms with Gasteiger partial charge in [-0.2, -0.15) is 0 Å². The number of hydrogen-bond donors (Lipinski definition) is 1. The zero-order valence-corrected chi connectivity index (χ0v) is 14.3. The molecular formula is C16H23BrN2O2. The third-order valence-corrected chi connectivity index (χ3v) is 4.94. The van der Waals surface area contributed by atoms with Gasteiger partial charge in [0.05, 0.1) is 7.11 Å². The number of rotatable bonds is 6. The lowest BCUT2D eigenvalue weighted by Gasteiger charge is -2.41. The molecule has 1 aromatic rings. The van der Waals surface area contributed by atoms with E-state index in [2.05, 4.69) is 15.9 Å². The number of nitrogens with two attached hydrogens (primary N) is 1. The summed E-state index contributed by atoms with van der Waals surface area (Å²) in [5, 5.41) is 0. The Morgan fingerprint density at radius 3 is 2.71 bits per heavy atom. The van der Waals surface area contributed by atoms with Gasteiger partial charge in [-0.25, -0.2) is 0 Å². The van der Waals surface area contributed by atoms with Crippen LogP contribution in [-0.2, 0) is 11.3 Å². The van der Waals surface area contributed by atoms with Crippen LogP contribution in [0.2, 0.25) is 0 Å². The van der Waals surface area contributed by atoms with Crippen molar-refractivity contribution in [1.82, 2.24) is 4.90 Å². The van der Waals surface area contributed by atoms with Crippen LogP contribution in [0.5, 0.6) is 5.75 Å². The SMILES string of the molecule is COc1ccc(Br)cc1CN(C)C(=O)CC1(CN)CCC1. The highest BCUT2D eigenvalue weighted by Crippen LogP contribution is 2.43. The van der Waals surface area contributed by atoms with E-state index in [1.165, 1.54) is 6.42 Å². The van der Waals surface area contributed by atoms with Crippen molar-refractivity contribution >= 4 is 21.8 Å². The summed E-state index contributed by atoms with van der Waals surface area (Å²) >= 11 is 3.46. The Morgan fingerprint density at radius 1 is 1.48 bits per heavy atom. The molecular weight excluding hydrogens is 332 g/mol. The summed E-state index contributed by atoms with van der Waals surface area (Å²) in [4.78, 5) is 14.2. The topological polar surface area (TPSA) is 55.6 Å². The van der Waals surface area contributed by atoms with E-state index < -0.39 is 0 Å². The van der Waals surface area contributed by atoms with Gasteiger partial charge in [0.25, 0.3) is 0 Å². The number of hydrogen-bond acceptors (Lipinski definition) is 3. The largest absolute Gasteiger partial charge is 0.496 e. The van der Waals surface area contributed by atoms with E-state index >= 15 is 0 Å². The molecule has 0 aromatic heterocycles. The third-order valence-electron chi connectivity index (χ3n) is 4.45. The van der Waals surface area contributed by atoms with E-state index in [0.29, 0.717) is 19.5 Å². The van der Waals surface area contributed by atoms with E-state index in [1.54, 1.807) is 12.0 Å². The van der Waals surface area contributed by atoms with Crippen molar-refractivity contribution < 1.29 is 9.53 Å². The summed E-state index contributed by atoms with van der Waals surface area (Å²) in [7, 11) is 3.48. The number of amides is 1. The van der Waals surface area contributed by atoms with Gasteiger partial charge in [0.1, 0.15) is 5.75 Å². The van der Waals surface area contributed by atoms with Crippen LogP contribution in [0, 0.1) is 5.41 Å². The molecule has 1 aromatic carbocycles. The first kappa shape index (κ1) is 16.3. The molecule has 1 aliphatic carbocycles. The molecule has 4 nitrogen and oxygen atoms in total. The maximum atomic E-state index is 12.4. The molecule has 0 unspecified atom stereocenters. The summed E-state index contributed by atoms with van der Waals surface area (Å²) in [6, 6.07) is 5.83. The molecule has 5 heteroatoms. The van der Waals surface area contributed by atoms with Gasteiger partial charge in [0, 0.05) is 30.0 Å². The molecule has 1 saturated carbocycles. The molecule has 0 spiro atoms. The van der Waals surface area contributed by atoms with Gasteiger partial charge >= 0.3 is 0 Å². The Balaban J connectivity index is 2.02. The van der Waals surface area contributed by atoms with Crippen LogP contribution in [0.3, 0.4) is 0 Å². The predicted octanol–water partition coefficient (Wildman–Crippen LogP) is 2.94. The number of methoxy groups -OCH3 is 1. The van der Waals surface area contributed by atoms with Crippen molar-refractivity contribution in [2.24, 2.45) is 11.1 Å². The molecule has 0 atom stereocenters. The Bertz CT molecular complexity index is 509. The molecule has 1 amide bonds. The fourth-order valence-electron chi connectivity index (χ4n) is 2.80. The maximum absolute atomic E-state index is 12.4. The quantitative estimate of drug-likeness (QED) is 0.854. The zero-order valence-electron chi connectivity index (χ0n) is 12.7. The first-order valence-corrected chi connectivity index (χ1v) is 8.05. The summed E-state index contributed by atoms with van der Waals surface area (Å²) in [5.74, 6) is 0.956. The first-order chi connectivity index (χ1) is 9.99. The minimum absolute atomic E-state index is 0.0483. The van der Waals surface area contributed by atoms with Gasteiger partial charge in [-0.3, -0.25) is 4.79 Å². The van der Waals surface area contributed by atoms with Crippen LogP contribution in [0.15, 0.2) is 22.7 Å². The van der Waals surface area contributed by atoms with Crippen LogP contribution in [0.1, 0.15) is 31.2 Å². The van der Waals surface area contributed by atoms with Crippen LogP contribution in [-0.4, -0.2) is 31.5 Å². The Morgan fingerprint density at radius 2 is 2.19 bits per heavy atom.